The molecule has 1 aromatic heterocycles. The molecule has 2 aliphatic heterocycles. The quantitative estimate of drug-likeness (QED) is 0.797. The molecule has 0 aromatic carbocycles. The smallest absolute Gasteiger partial charge is 0.410 e. The van der Waals surface area contributed by atoms with Gasteiger partial charge in [-0.1, -0.05) is 6.07 Å². The van der Waals surface area contributed by atoms with Gasteiger partial charge in [0.25, 0.3) is 0 Å². The highest BCUT2D eigenvalue weighted by Gasteiger charge is 2.42. The topological polar surface area (TPSA) is 45.7 Å². The van der Waals surface area contributed by atoms with Crippen LogP contribution in [0.1, 0.15) is 40.0 Å². The SMILES string of the molecule is CC(C)(C)OC(=O)N1CCC2(CC1)CCN(c1ccccn1)C2. The lowest BCUT2D eigenvalue weighted by Crippen LogP contribution is -2.46. The molecule has 0 atom stereocenters. The molecule has 5 nitrogen and oxygen atoms in total. The Morgan fingerprint density at radius 1 is 1.17 bits per heavy atom. The average molecular weight is 317 g/mol. The third kappa shape index (κ3) is 3.77. The lowest BCUT2D eigenvalue weighted by Gasteiger charge is -2.39. The van der Waals surface area contributed by atoms with Crippen molar-refractivity contribution in [3.05, 3.63) is 24.4 Å². The first-order valence-corrected chi connectivity index (χ1v) is 8.51. The standard InChI is InChI=1S/C18H27N3O2/c1-17(2,3)23-16(22)20-11-7-18(8-12-20)9-13-21(14-18)15-6-4-5-10-19-15/h4-6,10H,7-9,11-14H2,1-3H3. The number of piperidine rings is 1. The summed E-state index contributed by atoms with van der Waals surface area (Å²) in [6.45, 7) is 9.44. The molecule has 0 N–H and O–H groups in total. The van der Waals surface area contributed by atoms with Gasteiger partial charge in [0.1, 0.15) is 11.4 Å². The molecule has 3 rings (SSSR count). The molecule has 0 saturated carbocycles. The van der Waals surface area contributed by atoms with E-state index in [-0.39, 0.29) is 6.09 Å². The molecule has 0 aliphatic carbocycles. The molecular weight excluding hydrogens is 290 g/mol. The summed E-state index contributed by atoms with van der Waals surface area (Å²) in [4.78, 5) is 20.9. The summed E-state index contributed by atoms with van der Waals surface area (Å²) < 4.78 is 5.49. The number of ether oxygens (including phenoxy) is 1. The number of aromatic nitrogens is 1. The van der Waals surface area contributed by atoms with Gasteiger partial charge in [-0.05, 0) is 57.6 Å². The molecule has 3 heterocycles. The average Bonchev–Trinajstić information content (AvgIpc) is 2.91. The van der Waals surface area contributed by atoms with E-state index in [1.807, 2.05) is 44.0 Å². The zero-order chi connectivity index (χ0) is 16.5. The normalized spacial score (nSPS) is 20.8. The summed E-state index contributed by atoms with van der Waals surface area (Å²) in [6, 6.07) is 6.07. The van der Waals surface area contributed by atoms with E-state index in [0.717, 1.165) is 44.8 Å². The fourth-order valence-corrected chi connectivity index (χ4v) is 3.57. The molecule has 0 radical (unpaired) electrons. The molecular formula is C18H27N3O2. The number of anilines is 1. The van der Waals surface area contributed by atoms with Gasteiger partial charge in [0.2, 0.25) is 0 Å². The summed E-state index contributed by atoms with van der Waals surface area (Å²) >= 11 is 0. The maximum atomic E-state index is 12.2. The fourth-order valence-electron chi connectivity index (χ4n) is 3.57. The van der Waals surface area contributed by atoms with Crippen LogP contribution in [0.2, 0.25) is 0 Å². The van der Waals surface area contributed by atoms with Crippen LogP contribution in [0, 0.1) is 5.41 Å². The van der Waals surface area contributed by atoms with Gasteiger partial charge in [0.05, 0.1) is 0 Å². The molecule has 1 amide bonds. The second-order valence-corrected chi connectivity index (χ2v) is 7.83. The van der Waals surface area contributed by atoms with Crippen LogP contribution in [-0.2, 0) is 4.74 Å². The number of carbonyl (C=O) groups is 1. The molecule has 1 spiro atoms. The van der Waals surface area contributed by atoms with E-state index in [4.69, 9.17) is 4.74 Å². The molecule has 126 valence electrons. The Morgan fingerprint density at radius 2 is 1.87 bits per heavy atom. The maximum absolute atomic E-state index is 12.2. The van der Waals surface area contributed by atoms with E-state index in [1.54, 1.807) is 0 Å². The zero-order valence-electron chi connectivity index (χ0n) is 14.4. The van der Waals surface area contributed by atoms with Crippen LogP contribution < -0.4 is 4.90 Å². The monoisotopic (exact) mass is 317 g/mol. The van der Waals surface area contributed by atoms with Crippen LogP contribution in [0.5, 0.6) is 0 Å². The Kier molecular flexibility index (Phi) is 4.21. The molecule has 5 heteroatoms. The van der Waals surface area contributed by atoms with Crippen molar-refractivity contribution in [2.75, 3.05) is 31.1 Å². The van der Waals surface area contributed by atoms with Crippen molar-refractivity contribution < 1.29 is 9.53 Å². The number of pyridine rings is 1. The lowest BCUT2D eigenvalue weighted by atomic mass is 9.78. The predicted octanol–water partition coefficient (Wildman–Crippen LogP) is 3.31. The van der Waals surface area contributed by atoms with Gasteiger partial charge in [-0.25, -0.2) is 9.78 Å². The molecule has 2 saturated heterocycles. The molecule has 23 heavy (non-hydrogen) atoms. The van der Waals surface area contributed by atoms with Crippen LogP contribution in [0.4, 0.5) is 10.6 Å². The van der Waals surface area contributed by atoms with Crippen LogP contribution in [0.3, 0.4) is 0 Å². The van der Waals surface area contributed by atoms with E-state index in [9.17, 15) is 4.79 Å². The van der Waals surface area contributed by atoms with Crippen molar-refractivity contribution in [3.63, 3.8) is 0 Å². The van der Waals surface area contributed by atoms with Crippen molar-refractivity contribution in [2.45, 2.75) is 45.6 Å². The Morgan fingerprint density at radius 3 is 2.48 bits per heavy atom. The van der Waals surface area contributed by atoms with E-state index in [0.29, 0.717) is 5.41 Å². The van der Waals surface area contributed by atoms with Crippen molar-refractivity contribution in [1.82, 2.24) is 9.88 Å². The lowest BCUT2D eigenvalue weighted by molar-refractivity contribution is 0.0122. The number of hydrogen-bond acceptors (Lipinski definition) is 4. The second-order valence-electron chi connectivity index (χ2n) is 7.83. The first-order chi connectivity index (χ1) is 10.9. The minimum atomic E-state index is -0.421. The third-order valence-corrected chi connectivity index (χ3v) is 4.89. The van der Waals surface area contributed by atoms with Gasteiger partial charge in [0.15, 0.2) is 0 Å². The van der Waals surface area contributed by atoms with Gasteiger partial charge in [-0.15, -0.1) is 0 Å². The highest BCUT2D eigenvalue weighted by molar-refractivity contribution is 5.68. The first kappa shape index (κ1) is 16.1. The number of hydrogen-bond donors (Lipinski definition) is 0. The van der Waals surface area contributed by atoms with Gasteiger partial charge < -0.3 is 14.5 Å². The van der Waals surface area contributed by atoms with Gasteiger partial charge >= 0.3 is 6.09 Å². The van der Waals surface area contributed by atoms with Crippen molar-refractivity contribution >= 4 is 11.9 Å². The van der Waals surface area contributed by atoms with Gasteiger partial charge in [0, 0.05) is 32.4 Å². The molecule has 2 fully saturated rings. The highest BCUT2D eigenvalue weighted by Crippen LogP contribution is 2.41. The predicted molar refractivity (Wildman–Crippen MR) is 90.5 cm³/mol. The van der Waals surface area contributed by atoms with Crippen LogP contribution >= 0.6 is 0 Å². The van der Waals surface area contributed by atoms with Crippen LogP contribution in [0.15, 0.2) is 24.4 Å². The van der Waals surface area contributed by atoms with Crippen molar-refractivity contribution in [3.8, 4) is 0 Å². The summed E-state index contributed by atoms with van der Waals surface area (Å²) in [5.41, 5.74) is -0.0919. The Hall–Kier alpha value is -1.78. The first-order valence-electron chi connectivity index (χ1n) is 8.51. The third-order valence-electron chi connectivity index (χ3n) is 4.89. The van der Waals surface area contributed by atoms with Crippen molar-refractivity contribution in [2.24, 2.45) is 5.41 Å². The largest absolute Gasteiger partial charge is 0.444 e. The molecule has 2 aliphatic rings. The van der Waals surface area contributed by atoms with E-state index in [2.05, 4.69) is 16.0 Å². The summed E-state index contributed by atoms with van der Waals surface area (Å²) in [5, 5.41) is 0. The summed E-state index contributed by atoms with van der Waals surface area (Å²) in [6.07, 6.45) is 4.97. The summed E-state index contributed by atoms with van der Waals surface area (Å²) in [5.74, 6) is 1.07. The van der Waals surface area contributed by atoms with Gasteiger partial charge in [-0.2, -0.15) is 0 Å². The second kappa shape index (κ2) is 6.02. The van der Waals surface area contributed by atoms with E-state index < -0.39 is 5.60 Å². The zero-order valence-corrected chi connectivity index (χ0v) is 14.4. The van der Waals surface area contributed by atoms with Crippen LogP contribution in [-0.4, -0.2) is 47.8 Å². The molecule has 0 unspecified atom stereocenters. The fraction of sp³-hybridized carbons (Fsp3) is 0.667. The number of carbonyl (C=O) groups excluding carboxylic acids is 1. The molecule has 1 aromatic rings. The Labute approximate surface area is 138 Å². The number of rotatable bonds is 1. The van der Waals surface area contributed by atoms with E-state index in [1.165, 1.54) is 6.42 Å². The Bertz CT molecular complexity index is 545. The minimum absolute atomic E-state index is 0.174. The number of amides is 1. The van der Waals surface area contributed by atoms with Crippen LogP contribution in [0.25, 0.3) is 0 Å². The van der Waals surface area contributed by atoms with Crippen molar-refractivity contribution in [1.29, 1.82) is 0 Å². The number of likely N-dealkylation sites (tertiary alicyclic amines) is 1. The summed E-state index contributed by atoms with van der Waals surface area (Å²) in [7, 11) is 0. The van der Waals surface area contributed by atoms with E-state index >= 15 is 0 Å². The minimum Gasteiger partial charge on any atom is -0.444 e. The number of nitrogens with zero attached hydrogens (tertiary/aromatic N) is 3. The van der Waals surface area contributed by atoms with Gasteiger partial charge in [-0.3, -0.25) is 0 Å². The maximum Gasteiger partial charge on any atom is 0.410 e. The Balaban J connectivity index is 1.56. The highest BCUT2D eigenvalue weighted by atomic mass is 16.6. The molecule has 0 bridgehead atoms.